The van der Waals surface area contributed by atoms with Gasteiger partial charge in [0, 0.05) is 6.07 Å². The lowest BCUT2D eigenvalue weighted by molar-refractivity contribution is 0.0992. The fourth-order valence-corrected chi connectivity index (χ4v) is 1.54. The molecule has 0 bridgehead atoms. The zero-order valence-corrected chi connectivity index (χ0v) is 9.07. The normalized spacial score (nSPS) is 10.2. The number of nitriles is 1. The van der Waals surface area contributed by atoms with Crippen LogP contribution in [0.4, 0.5) is 4.39 Å². The summed E-state index contributed by atoms with van der Waals surface area (Å²) in [4.78, 5) is 19.8. The highest BCUT2D eigenvalue weighted by atomic mass is 19.1. The molecular weight excluding hydrogens is 221 g/mol. The second kappa shape index (κ2) is 4.26. The van der Waals surface area contributed by atoms with E-state index in [1.54, 1.807) is 13.0 Å². The zero-order valence-electron chi connectivity index (χ0n) is 9.07. The highest BCUT2D eigenvalue weighted by molar-refractivity contribution is 5.97. The summed E-state index contributed by atoms with van der Waals surface area (Å²) in [5.74, 6) is -0.835. The van der Waals surface area contributed by atoms with Gasteiger partial charge in [0.1, 0.15) is 17.9 Å². The third kappa shape index (κ3) is 2.11. The molecule has 5 heteroatoms. The van der Waals surface area contributed by atoms with Crippen LogP contribution in [0.3, 0.4) is 0 Å². The third-order valence-electron chi connectivity index (χ3n) is 2.30. The van der Waals surface area contributed by atoms with Crippen LogP contribution in [-0.2, 0) is 0 Å². The number of hydrogen-bond donors (Lipinski definition) is 0. The molecule has 0 N–H and O–H groups in total. The van der Waals surface area contributed by atoms with Crippen molar-refractivity contribution in [3.63, 3.8) is 0 Å². The highest BCUT2D eigenvalue weighted by Gasteiger charge is 2.13. The number of carbonyl (C=O) groups excluding carboxylic acids is 1. The molecule has 84 valence electrons. The number of rotatable bonds is 2. The number of Topliss-reactive ketones (excluding diaryl/α,β-unsaturated/α-hetero) is 1. The minimum Gasteiger partial charge on any atom is -0.291 e. The molecule has 0 aliphatic rings. The Labute approximate surface area is 96.7 Å². The van der Waals surface area contributed by atoms with Crippen LogP contribution in [0.2, 0.25) is 0 Å². The second-order valence-corrected chi connectivity index (χ2v) is 3.55. The van der Waals surface area contributed by atoms with Gasteiger partial charge in [0.2, 0.25) is 0 Å². The molecule has 17 heavy (non-hydrogen) atoms. The van der Waals surface area contributed by atoms with E-state index in [1.165, 1.54) is 18.2 Å². The van der Waals surface area contributed by atoms with Crippen LogP contribution < -0.4 is 0 Å². The molecule has 0 radical (unpaired) electrons. The van der Waals surface area contributed by atoms with E-state index in [1.807, 2.05) is 0 Å². The first-order valence-corrected chi connectivity index (χ1v) is 4.96. The van der Waals surface area contributed by atoms with Gasteiger partial charge in [-0.3, -0.25) is 4.79 Å². The van der Waals surface area contributed by atoms with Gasteiger partial charge in [-0.1, -0.05) is 0 Å². The number of hydrogen-bond acceptors (Lipinski definition) is 4. The van der Waals surface area contributed by atoms with Crippen LogP contribution in [0, 0.1) is 24.1 Å². The molecule has 0 saturated heterocycles. The Morgan fingerprint density at radius 3 is 2.88 bits per heavy atom. The number of aryl methyl sites for hydroxylation is 1. The lowest BCUT2D eigenvalue weighted by Crippen LogP contribution is -2.06. The predicted molar refractivity (Wildman–Crippen MR) is 58.8 cm³/mol. The van der Waals surface area contributed by atoms with E-state index in [0.717, 1.165) is 0 Å². The molecule has 4 nitrogen and oxygen atoms in total. The van der Waals surface area contributed by atoms with Gasteiger partial charge in [-0.15, -0.1) is 0 Å². The summed E-state index contributed by atoms with van der Waals surface area (Å²) in [7, 11) is 0. The Hall–Kier alpha value is -2.35. The quantitative estimate of drug-likeness (QED) is 0.740. The summed E-state index contributed by atoms with van der Waals surface area (Å²) in [6.45, 7) is 1.64. The summed E-state index contributed by atoms with van der Waals surface area (Å²) in [5.41, 5.74) is 1.42. The molecule has 0 fully saturated rings. The van der Waals surface area contributed by atoms with E-state index in [2.05, 4.69) is 9.97 Å². The van der Waals surface area contributed by atoms with Gasteiger partial charge in [0.15, 0.2) is 5.78 Å². The number of fused-ring (bicyclic) bond motifs is 1. The van der Waals surface area contributed by atoms with Crippen LogP contribution in [-0.4, -0.2) is 15.8 Å². The monoisotopic (exact) mass is 229 g/mol. The number of benzene rings is 1. The molecule has 1 aromatic heterocycles. The smallest absolute Gasteiger partial charge is 0.197 e. The van der Waals surface area contributed by atoms with Crippen LogP contribution in [0.25, 0.3) is 11.0 Å². The fraction of sp³-hybridized carbons (Fsp3) is 0.167. The highest BCUT2D eigenvalue weighted by Crippen LogP contribution is 2.15. The molecule has 0 unspecified atom stereocenters. The molecule has 1 aromatic carbocycles. The van der Waals surface area contributed by atoms with E-state index in [9.17, 15) is 9.18 Å². The van der Waals surface area contributed by atoms with Gasteiger partial charge in [-0.2, -0.15) is 5.26 Å². The van der Waals surface area contributed by atoms with Crippen molar-refractivity contribution in [2.75, 3.05) is 0 Å². The first-order valence-electron chi connectivity index (χ1n) is 4.96. The summed E-state index contributed by atoms with van der Waals surface area (Å²) < 4.78 is 13.0. The van der Waals surface area contributed by atoms with Crippen molar-refractivity contribution in [3.8, 4) is 6.07 Å². The van der Waals surface area contributed by atoms with Gasteiger partial charge in [0.25, 0.3) is 0 Å². The van der Waals surface area contributed by atoms with Crippen LogP contribution in [0.1, 0.15) is 22.6 Å². The molecule has 0 aliphatic carbocycles. The molecule has 2 aromatic rings. The minimum atomic E-state index is -0.436. The molecule has 0 atom stereocenters. The Bertz CT molecular complexity index is 646. The zero-order chi connectivity index (χ0) is 12.4. The van der Waals surface area contributed by atoms with E-state index in [4.69, 9.17) is 5.26 Å². The van der Waals surface area contributed by atoms with Crippen molar-refractivity contribution in [2.24, 2.45) is 0 Å². The van der Waals surface area contributed by atoms with Crippen LogP contribution in [0.15, 0.2) is 18.2 Å². The molecule has 0 spiro atoms. The van der Waals surface area contributed by atoms with E-state index in [-0.39, 0.29) is 12.1 Å². The maximum Gasteiger partial charge on any atom is 0.197 e. The molecule has 0 saturated carbocycles. The van der Waals surface area contributed by atoms with Crippen molar-refractivity contribution >= 4 is 16.8 Å². The SMILES string of the molecule is Cc1nc2ccc(F)cc2nc1C(=O)CC#N. The summed E-state index contributed by atoms with van der Waals surface area (Å²) >= 11 is 0. The molecule has 2 rings (SSSR count). The topological polar surface area (TPSA) is 66.6 Å². The van der Waals surface area contributed by atoms with E-state index >= 15 is 0 Å². The molecular formula is C12H8FN3O. The first-order chi connectivity index (χ1) is 8.11. The largest absolute Gasteiger partial charge is 0.291 e. The second-order valence-electron chi connectivity index (χ2n) is 3.55. The van der Waals surface area contributed by atoms with Crippen LogP contribution >= 0.6 is 0 Å². The van der Waals surface area contributed by atoms with Gasteiger partial charge in [0.05, 0.1) is 22.8 Å². The predicted octanol–water partition coefficient (Wildman–Crippen LogP) is 2.17. The average molecular weight is 229 g/mol. The standard InChI is InChI=1S/C12H8FN3O/c1-7-12(11(17)4-5-14)16-10-6-8(13)2-3-9(10)15-7/h2-3,6H,4H2,1H3. The number of ketones is 1. The van der Waals surface area contributed by atoms with E-state index in [0.29, 0.717) is 16.7 Å². The number of aromatic nitrogens is 2. The van der Waals surface area contributed by atoms with Gasteiger partial charge < -0.3 is 0 Å². The third-order valence-corrected chi connectivity index (χ3v) is 2.30. The Morgan fingerprint density at radius 2 is 2.18 bits per heavy atom. The Balaban J connectivity index is 2.62. The number of nitrogens with zero attached hydrogens (tertiary/aromatic N) is 3. The molecule has 0 aliphatic heterocycles. The summed E-state index contributed by atoms with van der Waals surface area (Å²) in [6.07, 6.45) is -0.254. The maximum atomic E-state index is 13.0. The fourth-order valence-electron chi connectivity index (χ4n) is 1.54. The minimum absolute atomic E-state index is 0.129. The van der Waals surface area contributed by atoms with Crippen molar-refractivity contribution in [2.45, 2.75) is 13.3 Å². The van der Waals surface area contributed by atoms with Crippen LogP contribution in [0.5, 0.6) is 0 Å². The Morgan fingerprint density at radius 1 is 1.41 bits per heavy atom. The molecule has 0 amide bonds. The first kappa shape index (κ1) is 11.1. The van der Waals surface area contributed by atoms with Crippen molar-refractivity contribution in [3.05, 3.63) is 35.4 Å². The average Bonchev–Trinajstić information content (AvgIpc) is 2.29. The van der Waals surface area contributed by atoms with Gasteiger partial charge >= 0.3 is 0 Å². The van der Waals surface area contributed by atoms with E-state index < -0.39 is 11.6 Å². The van der Waals surface area contributed by atoms with Crippen molar-refractivity contribution in [1.82, 2.24) is 9.97 Å². The molecule has 1 heterocycles. The van der Waals surface area contributed by atoms with Crippen molar-refractivity contribution < 1.29 is 9.18 Å². The number of carbonyl (C=O) groups is 1. The maximum absolute atomic E-state index is 13.0. The van der Waals surface area contributed by atoms with Gasteiger partial charge in [-0.25, -0.2) is 14.4 Å². The Kier molecular flexibility index (Phi) is 2.79. The van der Waals surface area contributed by atoms with Gasteiger partial charge in [-0.05, 0) is 19.1 Å². The lowest BCUT2D eigenvalue weighted by Gasteiger charge is -2.03. The summed E-state index contributed by atoms with van der Waals surface area (Å²) in [5, 5.41) is 8.47. The number of halogens is 1. The lowest BCUT2D eigenvalue weighted by atomic mass is 10.1. The summed E-state index contributed by atoms with van der Waals surface area (Å²) in [6, 6.07) is 5.76. The van der Waals surface area contributed by atoms with Crippen molar-refractivity contribution in [1.29, 1.82) is 5.26 Å².